The minimum Gasteiger partial charge on any atom is -0.489 e. The van der Waals surface area contributed by atoms with Crippen molar-refractivity contribution in [2.75, 3.05) is 11.9 Å². The molecule has 0 saturated carbocycles. The fraction of sp³-hybridized carbons (Fsp3) is 0.143. The van der Waals surface area contributed by atoms with Gasteiger partial charge in [0.2, 0.25) is 0 Å². The minimum absolute atomic E-state index is 0.153. The summed E-state index contributed by atoms with van der Waals surface area (Å²) in [6.45, 7) is 0.421. The van der Waals surface area contributed by atoms with E-state index in [0.29, 0.717) is 12.2 Å². The molecule has 0 amide bonds. The molecular weight excluding hydrogens is 297 g/mol. The molecule has 1 unspecified atom stereocenters. The number of hydrogen-bond donors (Lipinski definition) is 1. The highest BCUT2D eigenvalue weighted by molar-refractivity contribution is 9.10. The van der Waals surface area contributed by atoms with Crippen LogP contribution in [0.1, 0.15) is 11.6 Å². The van der Waals surface area contributed by atoms with Crippen LogP contribution in [0.25, 0.3) is 0 Å². The van der Waals surface area contributed by atoms with E-state index in [1.54, 1.807) is 12.1 Å². The molecule has 0 spiro atoms. The number of rotatable bonds is 1. The normalized spacial score (nSPS) is 17.6. The van der Waals surface area contributed by atoms with Gasteiger partial charge in [0.15, 0.2) is 0 Å². The standard InChI is InChI=1S/C14H11BrFNO/c15-9-5-6-12-14(7-9)18-8-13(17-12)10-3-1-2-4-11(10)16/h1-7,13,17H,8H2. The lowest BCUT2D eigenvalue weighted by Gasteiger charge is -2.28. The summed E-state index contributed by atoms with van der Waals surface area (Å²) in [6, 6.07) is 12.4. The molecule has 1 N–H and O–H groups in total. The minimum atomic E-state index is -0.209. The van der Waals surface area contributed by atoms with Gasteiger partial charge in [0.25, 0.3) is 0 Å². The maximum Gasteiger partial charge on any atom is 0.143 e. The van der Waals surface area contributed by atoms with E-state index in [9.17, 15) is 4.39 Å². The highest BCUT2D eigenvalue weighted by Gasteiger charge is 2.22. The summed E-state index contributed by atoms with van der Waals surface area (Å²) in [4.78, 5) is 0. The molecule has 1 aliphatic rings. The Hall–Kier alpha value is -1.55. The van der Waals surface area contributed by atoms with Crippen LogP contribution in [0, 0.1) is 5.82 Å². The van der Waals surface area contributed by atoms with Crippen molar-refractivity contribution in [2.45, 2.75) is 6.04 Å². The van der Waals surface area contributed by atoms with E-state index in [0.717, 1.165) is 15.9 Å². The van der Waals surface area contributed by atoms with E-state index in [4.69, 9.17) is 4.74 Å². The molecule has 1 atom stereocenters. The Balaban J connectivity index is 1.92. The summed E-state index contributed by atoms with van der Waals surface area (Å²) in [5.74, 6) is 0.580. The van der Waals surface area contributed by atoms with Gasteiger partial charge in [-0.05, 0) is 24.3 Å². The number of ether oxygens (including phenoxy) is 1. The van der Waals surface area contributed by atoms with Crippen molar-refractivity contribution >= 4 is 21.6 Å². The summed E-state index contributed by atoms with van der Waals surface area (Å²) in [5, 5.41) is 3.30. The monoisotopic (exact) mass is 307 g/mol. The zero-order valence-corrected chi connectivity index (χ0v) is 11.1. The van der Waals surface area contributed by atoms with Crippen LogP contribution in [0.5, 0.6) is 5.75 Å². The summed E-state index contributed by atoms with van der Waals surface area (Å²) in [7, 11) is 0. The fourth-order valence-electron chi connectivity index (χ4n) is 2.06. The predicted octanol–water partition coefficient (Wildman–Crippen LogP) is 4.13. The Bertz CT molecular complexity index is 588. The van der Waals surface area contributed by atoms with Crippen LogP contribution in [0.15, 0.2) is 46.9 Å². The predicted molar refractivity (Wildman–Crippen MR) is 72.4 cm³/mol. The zero-order chi connectivity index (χ0) is 12.5. The van der Waals surface area contributed by atoms with Gasteiger partial charge < -0.3 is 10.1 Å². The van der Waals surface area contributed by atoms with Crippen LogP contribution < -0.4 is 10.1 Å². The van der Waals surface area contributed by atoms with Crippen molar-refractivity contribution in [2.24, 2.45) is 0 Å². The molecular formula is C14H11BrFNO. The highest BCUT2D eigenvalue weighted by Crippen LogP contribution is 2.36. The largest absolute Gasteiger partial charge is 0.489 e. The van der Waals surface area contributed by atoms with Gasteiger partial charge in [0, 0.05) is 10.0 Å². The molecule has 3 rings (SSSR count). The smallest absolute Gasteiger partial charge is 0.143 e. The van der Waals surface area contributed by atoms with Crippen LogP contribution in [-0.2, 0) is 0 Å². The lowest BCUT2D eigenvalue weighted by molar-refractivity contribution is 0.283. The SMILES string of the molecule is Fc1ccccc1C1COc2cc(Br)ccc2N1. The molecule has 2 nitrogen and oxygen atoms in total. The Morgan fingerprint density at radius 2 is 2.06 bits per heavy atom. The summed E-state index contributed by atoms with van der Waals surface area (Å²) in [5.41, 5.74) is 1.52. The first-order valence-electron chi connectivity index (χ1n) is 5.67. The Morgan fingerprint density at radius 1 is 1.22 bits per heavy atom. The second-order valence-corrected chi connectivity index (χ2v) is 5.09. The van der Waals surface area contributed by atoms with Gasteiger partial charge in [0.05, 0.1) is 11.7 Å². The van der Waals surface area contributed by atoms with Gasteiger partial charge in [-0.1, -0.05) is 34.1 Å². The third-order valence-corrected chi connectivity index (χ3v) is 3.45. The van der Waals surface area contributed by atoms with Gasteiger partial charge in [-0.2, -0.15) is 0 Å². The van der Waals surface area contributed by atoms with Gasteiger partial charge >= 0.3 is 0 Å². The number of halogens is 2. The zero-order valence-electron chi connectivity index (χ0n) is 9.49. The van der Waals surface area contributed by atoms with Crippen LogP contribution in [0.3, 0.4) is 0 Å². The van der Waals surface area contributed by atoms with Crippen LogP contribution in [0.2, 0.25) is 0 Å². The molecule has 2 aromatic carbocycles. The lowest BCUT2D eigenvalue weighted by atomic mass is 10.1. The molecule has 0 fully saturated rings. The van der Waals surface area contributed by atoms with Gasteiger partial charge in [-0.15, -0.1) is 0 Å². The molecule has 0 saturated heterocycles. The molecule has 0 aliphatic carbocycles. The number of fused-ring (bicyclic) bond motifs is 1. The Labute approximate surface area is 113 Å². The quantitative estimate of drug-likeness (QED) is 0.855. The van der Waals surface area contributed by atoms with Crippen molar-refractivity contribution < 1.29 is 9.13 Å². The van der Waals surface area contributed by atoms with Crippen molar-refractivity contribution in [3.05, 3.63) is 58.3 Å². The molecule has 18 heavy (non-hydrogen) atoms. The van der Waals surface area contributed by atoms with Gasteiger partial charge in [-0.3, -0.25) is 0 Å². The van der Waals surface area contributed by atoms with E-state index in [2.05, 4.69) is 21.2 Å². The molecule has 92 valence electrons. The number of anilines is 1. The molecule has 0 aromatic heterocycles. The number of benzene rings is 2. The molecule has 4 heteroatoms. The fourth-order valence-corrected chi connectivity index (χ4v) is 2.40. The number of nitrogens with one attached hydrogen (secondary N) is 1. The average Bonchev–Trinajstić information content (AvgIpc) is 2.39. The maximum absolute atomic E-state index is 13.7. The number of hydrogen-bond acceptors (Lipinski definition) is 2. The summed E-state index contributed by atoms with van der Waals surface area (Å²) in [6.07, 6.45) is 0. The molecule has 0 bridgehead atoms. The van der Waals surface area contributed by atoms with Crippen LogP contribution in [0.4, 0.5) is 10.1 Å². The molecule has 1 heterocycles. The average molecular weight is 308 g/mol. The van der Waals surface area contributed by atoms with E-state index in [-0.39, 0.29) is 11.9 Å². The van der Waals surface area contributed by atoms with Gasteiger partial charge in [0.1, 0.15) is 18.2 Å². The van der Waals surface area contributed by atoms with Crippen LogP contribution >= 0.6 is 15.9 Å². The van der Waals surface area contributed by atoms with Crippen molar-refractivity contribution in [3.8, 4) is 5.75 Å². The molecule has 2 aromatic rings. The maximum atomic E-state index is 13.7. The van der Waals surface area contributed by atoms with Crippen molar-refractivity contribution in [3.63, 3.8) is 0 Å². The van der Waals surface area contributed by atoms with E-state index < -0.39 is 0 Å². The first-order valence-corrected chi connectivity index (χ1v) is 6.46. The van der Waals surface area contributed by atoms with Crippen molar-refractivity contribution in [1.82, 2.24) is 0 Å². The third kappa shape index (κ3) is 2.08. The lowest BCUT2D eigenvalue weighted by Crippen LogP contribution is -2.24. The van der Waals surface area contributed by atoms with Crippen molar-refractivity contribution in [1.29, 1.82) is 0 Å². The summed E-state index contributed by atoms with van der Waals surface area (Å²) >= 11 is 3.39. The Morgan fingerprint density at radius 3 is 2.89 bits per heavy atom. The first kappa shape index (κ1) is 11.5. The third-order valence-electron chi connectivity index (χ3n) is 2.96. The van der Waals surface area contributed by atoms with E-state index in [1.165, 1.54) is 6.07 Å². The van der Waals surface area contributed by atoms with E-state index >= 15 is 0 Å². The second kappa shape index (κ2) is 4.61. The van der Waals surface area contributed by atoms with Gasteiger partial charge in [-0.25, -0.2) is 4.39 Å². The molecule has 1 aliphatic heterocycles. The summed E-state index contributed by atoms with van der Waals surface area (Å²) < 4.78 is 20.3. The molecule has 0 radical (unpaired) electrons. The first-order chi connectivity index (χ1) is 8.74. The topological polar surface area (TPSA) is 21.3 Å². The van der Waals surface area contributed by atoms with Crippen LogP contribution in [-0.4, -0.2) is 6.61 Å². The Kier molecular flexibility index (Phi) is 2.96. The second-order valence-electron chi connectivity index (χ2n) is 4.17. The van der Waals surface area contributed by atoms with E-state index in [1.807, 2.05) is 24.3 Å². The highest BCUT2D eigenvalue weighted by atomic mass is 79.9.